The second-order valence-corrected chi connectivity index (χ2v) is 10.6. The second kappa shape index (κ2) is 17.4. The highest BCUT2D eigenvalue weighted by Crippen LogP contribution is 2.22. The van der Waals surface area contributed by atoms with Crippen molar-refractivity contribution in [3.8, 4) is 0 Å². The zero-order chi connectivity index (χ0) is 23.7. The maximum atomic E-state index is 6.22. The number of hydrogen-bond donors (Lipinski definition) is 0. The molecule has 0 radical (unpaired) electrons. The minimum Gasteiger partial charge on any atom is -0.328 e. The Morgan fingerprint density at radius 2 is 1.30 bits per heavy atom. The molecule has 0 unspecified atom stereocenters. The number of unbranched alkanes of at least 4 members (excludes halogenated alkanes) is 14. The highest BCUT2D eigenvalue weighted by atomic mass is 35.5. The van der Waals surface area contributed by atoms with Crippen LogP contribution in [0, 0.1) is 0 Å². The first-order valence-corrected chi connectivity index (χ1v) is 14.3. The van der Waals surface area contributed by atoms with Crippen LogP contribution in [0.25, 0.3) is 11.0 Å². The van der Waals surface area contributed by atoms with Crippen molar-refractivity contribution in [2.24, 2.45) is 0 Å². The van der Waals surface area contributed by atoms with Crippen LogP contribution in [0.1, 0.15) is 115 Å². The molecule has 1 aromatic carbocycles. The van der Waals surface area contributed by atoms with Crippen LogP contribution in [0.4, 0.5) is 0 Å². The Balaban J connectivity index is 1.58. The molecule has 0 saturated carbocycles. The van der Waals surface area contributed by atoms with E-state index in [4.69, 9.17) is 16.6 Å². The minimum atomic E-state index is 0.777. The molecule has 0 fully saturated rings. The normalized spacial score (nSPS) is 11.8. The molecule has 4 heteroatoms. The van der Waals surface area contributed by atoms with Gasteiger partial charge in [-0.15, -0.1) is 0 Å². The first-order chi connectivity index (χ1) is 16.1. The molecule has 3 nitrogen and oxygen atoms in total. The number of benzene rings is 1. The summed E-state index contributed by atoms with van der Waals surface area (Å²) < 4.78 is 2.43. The van der Waals surface area contributed by atoms with Crippen molar-refractivity contribution < 1.29 is 0 Å². The summed E-state index contributed by atoms with van der Waals surface area (Å²) in [5.41, 5.74) is 2.28. The predicted molar refractivity (Wildman–Crippen MR) is 147 cm³/mol. The minimum absolute atomic E-state index is 0.777. The molecule has 0 spiro atoms. The Kier molecular flexibility index (Phi) is 14.8. The molecule has 0 bridgehead atoms. The summed E-state index contributed by atoms with van der Waals surface area (Å²) in [7, 11) is 4.28. The van der Waals surface area contributed by atoms with E-state index in [1.54, 1.807) is 0 Å². The average molecular weight is 476 g/mol. The molecule has 2 aromatic rings. The zero-order valence-corrected chi connectivity index (χ0v) is 22.6. The van der Waals surface area contributed by atoms with Gasteiger partial charge < -0.3 is 9.47 Å². The first kappa shape index (κ1) is 28.2. The van der Waals surface area contributed by atoms with Gasteiger partial charge in [-0.25, -0.2) is 4.98 Å². The molecular weight excluding hydrogens is 426 g/mol. The van der Waals surface area contributed by atoms with Crippen molar-refractivity contribution in [3.05, 3.63) is 29.0 Å². The number of rotatable bonds is 20. The average Bonchev–Trinajstić information content (AvgIpc) is 3.12. The summed E-state index contributed by atoms with van der Waals surface area (Å²) in [6, 6.07) is 6.14. The number of aryl methyl sites for hydroxylation is 2. The third-order valence-electron chi connectivity index (χ3n) is 6.78. The van der Waals surface area contributed by atoms with E-state index >= 15 is 0 Å². The van der Waals surface area contributed by atoms with E-state index in [1.165, 1.54) is 108 Å². The van der Waals surface area contributed by atoms with Gasteiger partial charge in [0.15, 0.2) is 0 Å². The van der Waals surface area contributed by atoms with Gasteiger partial charge in [0.05, 0.1) is 11.0 Å². The largest absolute Gasteiger partial charge is 0.328 e. The monoisotopic (exact) mass is 475 g/mol. The lowest BCUT2D eigenvalue weighted by molar-refractivity contribution is 0.386. The van der Waals surface area contributed by atoms with Gasteiger partial charge in [-0.1, -0.05) is 108 Å². The van der Waals surface area contributed by atoms with E-state index in [0.717, 1.165) is 36.5 Å². The third-order valence-corrected chi connectivity index (χ3v) is 7.02. The van der Waals surface area contributed by atoms with Crippen LogP contribution in [-0.4, -0.2) is 35.1 Å². The molecule has 0 aliphatic carbocycles. The smallest absolute Gasteiger partial charge is 0.109 e. The molecule has 2 rings (SSSR count). The van der Waals surface area contributed by atoms with Crippen LogP contribution in [0.2, 0.25) is 5.02 Å². The summed E-state index contributed by atoms with van der Waals surface area (Å²) in [4.78, 5) is 7.19. The van der Waals surface area contributed by atoms with Crippen molar-refractivity contribution in [2.75, 3.05) is 20.6 Å². The van der Waals surface area contributed by atoms with E-state index in [0.29, 0.717) is 0 Å². The number of fused-ring (bicyclic) bond motifs is 1. The third kappa shape index (κ3) is 11.8. The number of aromatic nitrogens is 2. The van der Waals surface area contributed by atoms with Crippen molar-refractivity contribution in [2.45, 2.75) is 123 Å². The molecule has 0 N–H and O–H groups in total. The van der Waals surface area contributed by atoms with Crippen molar-refractivity contribution in [1.82, 2.24) is 14.5 Å². The molecule has 1 heterocycles. The summed E-state index contributed by atoms with van der Waals surface area (Å²) >= 11 is 6.22. The molecule has 1 aromatic heterocycles. The fourth-order valence-corrected chi connectivity index (χ4v) is 4.96. The Labute approximate surface area is 209 Å². The lowest BCUT2D eigenvalue weighted by Gasteiger charge is -2.12. The first-order valence-electron chi connectivity index (χ1n) is 13.9. The zero-order valence-electron chi connectivity index (χ0n) is 21.9. The molecule has 0 atom stereocenters. The topological polar surface area (TPSA) is 21.1 Å². The van der Waals surface area contributed by atoms with Crippen LogP contribution in [-0.2, 0) is 13.0 Å². The lowest BCUT2D eigenvalue weighted by Crippen LogP contribution is -2.16. The highest BCUT2D eigenvalue weighted by molar-refractivity contribution is 6.31. The number of nitrogens with zero attached hydrogens (tertiary/aromatic N) is 3. The van der Waals surface area contributed by atoms with Gasteiger partial charge >= 0.3 is 0 Å². The molecule has 0 aliphatic rings. The number of imidazole rings is 1. The summed E-state index contributed by atoms with van der Waals surface area (Å²) in [5, 5.41) is 0.777. The maximum Gasteiger partial charge on any atom is 0.109 e. The van der Waals surface area contributed by atoms with Gasteiger partial charge in [-0.05, 0) is 51.7 Å². The van der Waals surface area contributed by atoms with E-state index in [9.17, 15) is 0 Å². The number of halogens is 1. The van der Waals surface area contributed by atoms with Crippen molar-refractivity contribution >= 4 is 22.6 Å². The molecule has 0 saturated heterocycles. The van der Waals surface area contributed by atoms with Gasteiger partial charge in [-0.3, -0.25) is 0 Å². The SMILES string of the molecule is CCCCCCCCCCCCCCCCCc1nc2cc(Cl)ccc2n1CCCN(C)C. The maximum absolute atomic E-state index is 6.22. The number of hydrogen-bond acceptors (Lipinski definition) is 2. The van der Waals surface area contributed by atoms with Crippen LogP contribution >= 0.6 is 11.6 Å². The quantitative estimate of drug-likeness (QED) is 0.178. The summed E-state index contributed by atoms with van der Waals surface area (Å²) in [6.07, 6.45) is 23.3. The lowest BCUT2D eigenvalue weighted by atomic mass is 10.0. The second-order valence-electron chi connectivity index (χ2n) is 10.2. The fourth-order valence-electron chi connectivity index (χ4n) is 4.79. The predicted octanol–water partition coefficient (Wildman–Crippen LogP) is 9.06. The standard InChI is InChI=1S/C29H50ClN3/c1-4-5-6-7-8-9-10-11-12-13-14-15-16-17-18-20-29-31-27-25-26(30)21-22-28(27)33(29)24-19-23-32(2)3/h21-22,25H,4-20,23-24H2,1-3H3. The highest BCUT2D eigenvalue weighted by Gasteiger charge is 2.11. The van der Waals surface area contributed by atoms with Crippen LogP contribution in [0.3, 0.4) is 0 Å². The van der Waals surface area contributed by atoms with Crippen molar-refractivity contribution in [1.29, 1.82) is 0 Å². The molecular formula is C29H50ClN3. The Hall–Kier alpha value is -1.06. The molecule has 0 amide bonds. The van der Waals surface area contributed by atoms with Gasteiger partial charge in [0.25, 0.3) is 0 Å². The van der Waals surface area contributed by atoms with E-state index < -0.39 is 0 Å². The van der Waals surface area contributed by atoms with Crippen molar-refractivity contribution in [3.63, 3.8) is 0 Å². The molecule has 33 heavy (non-hydrogen) atoms. The van der Waals surface area contributed by atoms with E-state index in [-0.39, 0.29) is 0 Å². The summed E-state index contributed by atoms with van der Waals surface area (Å²) in [6.45, 7) is 4.43. The van der Waals surface area contributed by atoms with E-state index in [2.05, 4.69) is 36.6 Å². The Bertz CT molecular complexity index is 753. The molecule has 0 aliphatic heterocycles. The van der Waals surface area contributed by atoms with E-state index in [1.807, 2.05) is 12.1 Å². The van der Waals surface area contributed by atoms with Gasteiger partial charge in [-0.2, -0.15) is 0 Å². The van der Waals surface area contributed by atoms with Gasteiger partial charge in [0, 0.05) is 18.0 Å². The van der Waals surface area contributed by atoms with Crippen LogP contribution in [0.15, 0.2) is 18.2 Å². The van der Waals surface area contributed by atoms with Crippen LogP contribution in [0.5, 0.6) is 0 Å². The Morgan fingerprint density at radius 3 is 1.85 bits per heavy atom. The summed E-state index contributed by atoms with van der Waals surface area (Å²) in [5.74, 6) is 1.24. The van der Waals surface area contributed by atoms with Gasteiger partial charge in [0.1, 0.15) is 5.82 Å². The molecule has 188 valence electrons. The van der Waals surface area contributed by atoms with Crippen LogP contribution < -0.4 is 0 Å². The fraction of sp³-hybridized carbons (Fsp3) is 0.759. The van der Waals surface area contributed by atoms with Gasteiger partial charge in [0.2, 0.25) is 0 Å². The Morgan fingerprint density at radius 1 is 0.758 bits per heavy atom.